The van der Waals surface area contributed by atoms with Gasteiger partial charge in [-0.05, 0) is 6.42 Å². The van der Waals surface area contributed by atoms with Crippen LogP contribution in [0.25, 0.3) is 0 Å². The Morgan fingerprint density at radius 3 is 2.92 bits per heavy atom. The largest absolute Gasteiger partial charge is 0.395 e. The molecule has 70 valence electrons. The first-order chi connectivity index (χ1) is 5.70. The van der Waals surface area contributed by atoms with Crippen LogP contribution in [-0.4, -0.2) is 39.5 Å². The molecule has 1 N–H and O–H groups in total. The third-order valence-corrected chi connectivity index (χ3v) is 3.31. The SMILES string of the molecule is CC1CC(CI)N(CCO)C1=O. The molecule has 0 radical (unpaired) electrons. The molecule has 2 unspecified atom stereocenters. The number of aliphatic hydroxyl groups is 1. The number of β-amino-alcohol motifs (C(OH)–C–C–N with tert-alkyl or cyclic N) is 1. The molecule has 0 aromatic carbocycles. The van der Waals surface area contributed by atoms with Crippen LogP contribution in [0.15, 0.2) is 0 Å². The number of alkyl halides is 1. The zero-order valence-corrected chi connectivity index (χ0v) is 9.32. The van der Waals surface area contributed by atoms with Gasteiger partial charge < -0.3 is 10.0 Å². The lowest BCUT2D eigenvalue weighted by Gasteiger charge is -2.21. The second kappa shape index (κ2) is 4.41. The van der Waals surface area contributed by atoms with Crippen molar-refractivity contribution in [3.63, 3.8) is 0 Å². The topological polar surface area (TPSA) is 40.5 Å². The molecule has 1 aliphatic rings. The van der Waals surface area contributed by atoms with E-state index in [0.29, 0.717) is 12.6 Å². The minimum Gasteiger partial charge on any atom is -0.395 e. The van der Waals surface area contributed by atoms with Gasteiger partial charge in [0.05, 0.1) is 6.61 Å². The molecule has 0 spiro atoms. The van der Waals surface area contributed by atoms with Gasteiger partial charge in [0.15, 0.2) is 0 Å². The highest BCUT2D eigenvalue weighted by atomic mass is 127. The monoisotopic (exact) mass is 283 g/mol. The Labute approximate surface area is 86.3 Å². The van der Waals surface area contributed by atoms with Gasteiger partial charge in [-0.1, -0.05) is 29.5 Å². The van der Waals surface area contributed by atoms with E-state index in [-0.39, 0.29) is 18.4 Å². The standard InChI is InChI=1S/C8H14INO2/c1-6-4-7(5-9)10(2-3-11)8(6)12/h6-7,11H,2-5H2,1H3. The molecule has 0 saturated carbocycles. The number of rotatable bonds is 3. The molecular weight excluding hydrogens is 269 g/mol. The van der Waals surface area contributed by atoms with Gasteiger partial charge in [0.25, 0.3) is 0 Å². The van der Waals surface area contributed by atoms with E-state index >= 15 is 0 Å². The molecule has 1 heterocycles. The third kappa shape index (κ3) is 1.90. The quantitative estimate of drug-likeness (QED) is 0.610. The lowest BCUT2D eigenvalue weighted by molar-refractivity contribution is -0.131. The molecule has 0 aromatic rings. The Balaban J connectivity index is 2.60. The molecule has 0 bridgehead atoms. The Kier molecular flexibility index (Phi) is 3.77. The van der Waals surface area contributed by atoms with E-state index in [9.17, 15) is 4.79 Å². The number of nitrogens with zero attached hydrogens (tertiary/aromatic N) is 1. The summed E-state index contributed by atoms with van der Waals surface area (Å²) in [6.07, 6.45) is 0.946. The fourth-order valence-corrected chi connectivity index (χ4v) is 2.48. The summed E-state index contributed by atoms with van der Waals surface area (Å²) < 4.78 is 0.966. The first kappa shape index (κ1) is 10.2. The van der Waals surface area contributed by atoms with Crippen molar-refractivity contribution in [3.8, 4) is 0 Å². The molecule has 0 aromatic heterocycles. The number of halogens is 1. The molecule has 1 saturated heterocycles. The number of likely N-dealkylation sites (tertiary alicyclic amines) is 1. The maximum Gasteiger partial charge on any atom is 0.225 e. The summed E-state index contributed by atoms with van der Waals surface area (Å²) in [5, 5.41) is 8.75. The Morgan fingerprint density at radius 2 is 2.42 bits per heavy atom. The van der Waals surface area contributed by atoms with Crippen molar-refractivity contribution in [2.45, 2.75) is 19.4 Å². The highest BCUT2D eigenvalue weighted by Gasteiger charge is 2.35. The first-order valence-electron chi connectivity index (χ1n) is 4.18. The average Bonchev–Trinajstić information content (AvgIpc) is 2.33. The predicted molar refractivity (Wildman–Crippen MR) is 55.3 cm³/mol. The van der Waals surface area contributed by atoms with Crippen LogP contribution in [0, 0.1) is 5.92 Å². The van der Waals surface area contributed by atoms with Crippen LogP contribution in [0.4, 0.5) is 0 Å². The molecular formula is C8H14INO2. The van der Waals surface area contributed by atoms with Crippen LogP contribution in [0.1, 0.15) is 13.3 Å². The van der Waals surface area contributed by atoms with Crippen LogP contribution in [-0.2, 0) is 4.79 Å². The second-order valence-corrected chi connectivity index (χ2v) is 4.08. The van der Waals surface area contributed by atoms with Crippen molar-refractivity contribution in [1.29, 1.82) is 0 Å². The number of aliphatic hydroxyl groups excluding tert-OH is 1. The average molecular weight is 283 g/mol. The van der Waals surface area contributed by atoms with Crippen molar-refractivity contribution >= 4 is 28.5 Å². The van der Waals surface area contributed by atoms with Gasteiger partial charge in [-0.15, -0.1) is 0 Å². The van der Waals surface area contributed by atoms with Crippen molar-refractivity contribution in [2.24, 2.45) is 5.92 Å². The van der Waals surface area contributed by atoms with Gasteiger partial charge in [-0.2, -0.15) is 0 Å². The minimum absolute atomic E-state index is 0.0750. The van der Waals surface area contributed by atoms with E-state index < -0.39 is 0 Å². The van der Waals surface area contributed by atoms with Gasteiger partial charge in [0, 0.05) is 22.9 Å². The highest BCUT2D eigenvalue weighted by molar-refractivity contribution is 14.1. The molecule has 1 amide bonds. The normalized spacial score (nSPS) is 29.9. The molecule has 0 aliphatic carbocycles. The molecule has 1 aliphatic heterocycles. The molecule has 12 heavy (non-hydrogen) atoms. The second-order valence-electron chi connectivity index (χ2n) is 3.20. The summed E-state index contributed by atoms with van der Waals surface area (Å²) in [7, 11) is 0. The van der Waals surface area contributed by atoms with E-state index in [1.807, 2.05) is 6.92 Å². The van der Waals surface area contributed by atoms with Gasteiger partial charge in [0.2, 0.25) is 5.91 Å². The van der Waals surface area contributed by atoms with Crippen molar-refractivity contribution in [1.82, 2.24) is 4.90 Å². The molecule has 1 fully saturated rings. The molecule has 3 nitrogen and oxygen atoms in total. The number of hydrogen-bond donors (Lipinski definition) is 1. The fourth-order valence-electron chi connectivity index (χ4n) is 1.65. The van der Waals surface area contributed by atoms with Crippen molar-refractivity contribution in [2.75, 3.05) is 17.6 Å². The summed E-state index contributed by atoms with van der Waals surface area (Å²) in [5.74, 6) is 0.349. The summed E-state index contributed by atoms with van der Waals surface area (Å²) in [6.45, 7) is 2.53. The summed E-state index contributed by atoms with van der Waals surface area (Å²) in [6, 6.07) is 0.347. The Morgan fingerprint density at radius 1 is 1.75 bits per heavy atom. The van der Waals surface area contributed by atoms with E-state index in [1.165, 1.54) is 0 Å². The number of carbonyl (C=O) groups excluding carboxylic acids is 1. The first-order valence-corrected chi connectivity index (χ1v) is 5.70. The molecule has 4 heteroatoms. The zero-order chi connectivity index (χ0) is 9.14. The third-order valence-electron chi connectivity index (χ3n) is 2.29. The Hall–Kier alpha value is 0.160. The smallest absolute Gasteiger partial charge is 0.225 e. The van der Waals surface area contributed by atoms with Crippen LogP contribution in [0.3, 0.4) is 0 Å². The van der Waals surface area contributed by atoms with Crippen LogP contribution in [0.5, 0.6) is 0 Å². The van der Waals surface area contributed by atoms with E-state index in [2.05, 4.69) is 22.6 Å². The van der Waals surface area contributed by atoms with Crippen molar-refractivity contribution < 1.29 is 9.90 Å². The lowest BCUT2D eigenvalue weighted by atomic mass is 10.1. The van der Waals surface area contributed by atoms with Gasteiger partial charge in [-0.25, -0.2) is 0 Å². The van der Waals surface area contributed by atoms with E-state index in [0.717, 1.165) is 10.8 Å². The number of carbonyl (C=O) groups is 1. The maximum atomic E-state index is 11.5. The minimum atomic E-state index is 0.0750. The zero-order valence-electron chi connectivity index (χ0n) is 7.16. The molecule has 2 atom stereocenters. The van der Waals surface area contributed by atoms with Gasteiger partial charge in [0.1, 0.15) is 0 Å². The van der Waals surface area contributed by atoms with E-state index in [1.54, 1.807) is 4.90 Å². The van der Waals surface area contributed by atoms with Crippen LogP contribution in [0.2, 0.25) is 0 Å². The highest BCUT2D eigenvalue weighted by Crippen LogP contribution is 2.24. The predicted octanol–water partition coefficient (Wildman–Crippen LogP) is 0.651. The fraction of sp³-hybridized carbons (Fsp3) is 0.875. The summed E-state index contributed by atoms with van der Waals surface area (Å²) in [4.78, 5) is 13.3. The van der Waals surface area contributed by atoms with Gasteiger partial charge >= 0.3 is 0 Å². The van der Waals surface area contributed by atoms with Gasteiger partial charge in [-0.3, -0.25) is 4.79 Å². The summed E-state index contributed by atoms with van der Waals surface area (Å²) >= 11 is 2.29. The van der Waals surface area contributed by atoms with E-state index in [4.69, 9.17) is 5.11 Å². The molecule has 1 rings (SSSR count). The number of amides is 1. The number of hydrogen-bond acceptors (Lipinski definition) is 2. The summed E-state index contributed by atoms with van der Waals surface area (Å²) in [5.41, 5.74) is 0. The lowest BCUT2D eigenvalue weighted by Crippen LogP contribution is -2.36. The van der Waals surface area contributed by atoms with Crippen LogP contribution < -0.4 is 0 Å². The Bertz CT molecular complexity index is 174. The van der Waals surface area contributed by atoms with Crippen LogP contribution >= 0.6 is 22.6 Å². The van der Waals surface area contributed by atoms with Crippen molar-refractivity contribution in [3.05, 3.63) is 0 Å². The maximum absolute atomic E-state index is 11.5.